The topological polar surface area (TPSA) is 72.1 Å². The summed E-state index contributed by atoms with van der Waals surface area (Å²) in [5.41, 5.74) is 1.05. The Morgan fingerprint density at radius 3 is 2.57 bits per heavy atom. The third-order valence-corrected chi connectivity index (χ3v) is 3.99. The van der Waals surface area contributed by atoms with Gasteiger partial charge in [-0.15, -0.1) is 0 Å². The number of anilines is 1. The Bertz CT molecular complexity index is 561. The molecule has 0 radical (unpaired) electrons. The molecule has 1 fully saturated rings. The molecule has 1 aliphatic rings. The first-order chi connectivity index (χ1) is 10.1. The maximum atomic E-state index is 5.64. The number of aromatic amines is 1. The van der Waals surface area contributed by atoms with Crippen molar-refractivity contribution in [2.45, 2.75) is 35.7 Å². The molecular weight excluding hydrogens is 288 g/mol. The number of nitrogens with zero attached hydrogens (tertiary/aromatic N) is 2. The van der Waals surface area contributed by atoms with E-state index in [1.165, 1.54) is 6.33 Å². The van der Waals surface area contributed by atoms with Crippen LogP contribution < -0.4 is 5.32 Å². The van der Waals surface area contributed by atoms with Crippen LogP contribution in [0, 0.1) is 0 Å². The Labute approximate surface area is 127 Å². The second-order valence-electron chi connectivity index (χ2n) is 5.28. The highest BCUT2D eigenvalue weighted by Gasteiger charge is 2.28. The van der Waals surface area contributed by atoms with E-state index in [9.17, 15) is 0 Å². The van der Waals surface area contributed by atoms with Gasteiger partial charge in [0.2, 0.25) is 0 Å². The molecule has 0 unspecified atom stereocenters. The molecular formula is C14H18N4O2S. The van der Waals surface area contributed by atoms with Crippen LogP contribution in [0.2, 0.25) is 0 Å². The summed E-state index contributed by atoms with van der Waals surface area (Å²) < 4.78 is 11.3. The summed E-state index contributed by atoms with van der Waals surface area (Å²) in [5, 5.41) is 10.8. The van der Waals surface area contributed by atoms with Crippen molar-refractivity contribution in [3.63, 3.8) is 0 Å². The van der Waals surface area contributed by atoms with Crippen molar-refractivity contribution in [3.8, 4) is 0 Å². The number of rotatable bonds is 4. The van der Waals surface area contributed by atoms with Crippen LogP contribution in [0.4, 0.5) is 5.69 Å². The predicted octanol–water partition coefficient (Wildman–Crippen LogP) is 2.52. The minimum absolute atomic E-state index is 0.172. The molecule has 2 heterocycles. The molecule has 0 spiro atoms. The molecule has 2 aromatic rings. The Morgan fingerprint density at radius 2 is 1.95 bits per heavy atom. The summed E-state index contributed by atoms with van der Waals surface area (Å²) >= 11 is 1.54. The zero-order chi connectivity index (χ0) is 14.7. The van der Waals surface area contributed by atoms with Crippen molar-refractivity contribution in [1.29, 1.82) is 0 Å². The summed E-state index contributed by atoms with van der Waals surface area (Å²) in [6.07, 6.45) is 1.50. The maximum Gasteiger partial charge on any atom is 0.188 e. The zero-order valence-electron chi connectivity index (χ0n) is 12.0. The average molecular weight is 306 g/mol. The van der Waals surface area contributed by atoms with E-state index in [1.54, 1.807) is 11.8 Å². The number of ether oxygens (including phenoxy) is 2. The lowest BCUT2D eigenvalue weighted by atomic mass is 10.2. The van der Waals surface area contributed by atoms with E-state index in [0.717, 1.165) is 15.7 Å². The number of nitrogens with one attached hydrogen (secondary N) is 2. The van der Waals surface area contributed by atoms with E-state index in [4.69, 9.17) is 9.47 Å². The van der Waals surface area contributed by atoms with Crippen molar-refractivity contribution in [2.75, 3.05) is 18.5 Å². The molecule has 6 nitrogen and oxygen atoms in total. The van der Waals surface area contributed by atoms with Gasteiger partial charge in [0.1, 0.15) is 6.33 Å². The molecule has 3 rings (SSSR count). The number of aromatic nitrogens is 3. The van der Waals surface area contributed by atoms with Crippen molar-refractivity contribution in [1.82, 2.24) is 15.2 Å². The van der Waals surface area contributed by atoms with E-state index >= 15 is 0 Å². The van der Waals surface area contributed by atoms with Gasteiger partial charge >= 0.3 is 0 Å². The van der Waals surface area contributed by atoms with Gasteiger partial charge in [-0.2, -0.15) is 5.10 Å². The summed E-state index contributed by atoms with van der Waals surface area (Å²) in [6.45, 7) is 5.14. The summed E-state index contributed by atoms with van der Waals surface area (Å²) in [4.78, 5) is 5.19. The Morgan fingerprint density at radius 1 is 1.24 bits per heavy atom. The van der Waals surface area contributed by atoms with Gasteiger partial charge in [0.15, 0.2) is 10.9 Å². The van der Waals surface area contributed by atoms with Crippen LogP contribution in [0.1, 0.15) is 13.8 Å². The second kappa shape index (κ2) is 6.05. The van der Waals surface area contributed by atoms with E-state index in [2.05, 4.69) is 20.5 Å². The van der Waals surface area contributed by atoms with Gasteiger partial charge in [0, 0.05) is 10.6 Å². The number of H-pyrrole nitrogens is 1. The van der Waals surface area contributed by atoms with Gasteiger partial charge in [-0.25, -0.2) is 4.98 Å². The van der Waals surface area contributed by atoms with Crippen molar-refractivity contribution in [2.24, 2.45) is 0 Å². The second-order valence-corrected chi connectivity index (χ2v) is 6.34. The Hall–Kier alpha value is -1.57. The molecule has 0 amide bonds. The fourth-order valence-electron chi connectivity index (χ4n) is 1.99. The SMILES string of the molecule is CC1(C)OCC(Nc2ccc(Sc3ncn[nH]3)cc2)CO1. The van der Waals surface area contributed by atoms with Crippen LogP contribution in [-0.4, -0.2) is 40.2 Å². The predicted molar refractivity (Wildman–Crippen MR) is 80.3 cm³/mol. The van der Waals surface area contributed by atoms with Gasteiger partial charge in [0.25, 0.3) is 0 Å². The summed E-state index contributed by atoms with van der Waals surface area (Å²) in [6, 6.07) is 8.34. The Balaban J connectivity index is 1.55. The summed E-state index contributed by atoms with van der Waals surface area (Å²) in [7, 11) is 0. The van der Waals surface area contributed by atoms with Gasteiger partial charge in [0.05, 0.1) is 19.3 Å². The lowest BCUT2D eigenvalue weighted by Gasteiger charge is -2.35. The molecule has 112 valence electrons. The normalized spacial score (nSPS) is 18.6. The smallest absolute Gasteiger partial charge is 0.188 e. The average Bonchev–Trinajstić information content (AvgIpc) is 2.96. The first kappa shape index (κ1) is 14.4. The van der Waals surface area contributed by atoms with Gasteiger partial charge in [-0.3, -0.25) is 5.10 Å². The van der Waals surface area contributed by atoms with E-state index in [0.29, 0.717) is 13.2 Å². The molecule has 0 saturated carbocycles. The third-order valence-electron chi connectivity index (χ3n) is 3.10. The van der Waals surface area contributed by atoms with E-state index < -0.39 is 5.79 Å². The number of hydrogen-bond acceptors (Lipinski definition) is 6. The van der Waals surface area contributed by atoms with E-state index in [-0.39, 0.29) is 6.04 Å². The van der Waals surface area contributed by atoms with Crippen molar-refractivity contribution >= 4 is 17.4 Å². The van der Waals surface area contributed by atoms with Crippen LogP contribution in [0.3, 0.4) is 0 Å². The lowest BCUT2D eigenvalue weighted by molar-refractivity contribution is -0.247. The van der Waals surface area contributed by atoms with Crippen LogP contribution in [0.5, 0.6) is 0 Å². The van der Waals surface area contributed by atoms with Crippen LogP contribution in [0.15, 0.2) is 40.6 Å². The van der Waals surface area contributed by atoms with Crippen molar-refractivity contribution in [3.05, 3.63) is 30.6 Å². The summed E-state index contributed by atoms with van der Waals surface area (Å²) in [5.74, 6) is -0.476. The zero-order valence-corrected chi connectivity index (χ0v) is 12.8. The largest absolute Gasteiger partial charge is 0.378 e. The standard InChI is InChI=1S/C14H18N4O2S/c1-14(2)19-7-11(8-20-14)17-10-3-5-12(6-4-10)21-13-15-9-16-18-13/h3-6,9,11,17H,7-8H2,1-2H3,(H,15,16,18). The monoisotopic (exact) mass is 306 g/mol. The highest BCUT2D eigenvalue weighted by molar-refractivity contribution is 7.99. The third kappa shape index (κ3) is 3.96. The maximum absolute atomic E-state index is 5.64. The first-order valence-corrected chi connectivity index (χ1v) is 7.60. The highest BCUT2D eigenvalue weighted by Crippen LogP contribution is 2.26. The van der Waals surface area contributed by atoms with Gasteiger partial charge in [-0.05, 0) is 38.1 Å². The fraction of sp³-hybridized carbons (Fsp3) is 0.429. The molecule has 0 atom stereocenters. The molecule has 0 bridgehead atoms. The lowest BCUT2D eigenvalue weighted by Crippen LogP contribution is -2.45. The highest BCUT2D eigenvalue weighted by atomic mass is 32.2. The molecule has 1 saturated heterocycles. The van der Waals surface area contributed by atoms with Gasteiger partial charge < -0.3 is 14.8 Å². The van der Waals surface area contributed by atoms with Crippen molar-refractivity contribution < 1.29 is 9.47 Å². The molecule has 1 aromatic carbocycles. The number of benzene rings is 1. The van der Waals surface area contributed by atoms with E-state index in [1.807, 2.05) is 38.1 Å². The minimum atomic E-state index is -0.476. The minimum Gasteiger partial charge on any atom is -0.378 e. The molecule has 0 aliphatic carbocycles. The van der Waals surface area contributed by atoms with Crippen LogP contribution in [-0.2, 0) is 9.47 Å². The van der Waals surface area contributed by atoms with Crippen LogP contribution >= 0.6 is 11.8 Å². The molecule has 1 aromatic heterocycles. The fourth-order valence-corrected chi connectivity index (χ4v) is 2.68. The number of hydrogen-bond donors (Lipinski definition) is 2. The van der Waals surface area contributed by atoms with Crippen LogP contribution in [0.25, 0.3) is 0 Å². The molecule has 21 heavy (non-hydrogen) atoms. The quantitative estimate of drug-likeness (QED) is 0.904. The molecule has 7 heteroatoms. The molecule has 2 N–H and O–H groups in total. The van der Waals surface area contributed by atoms with Gasteiger partial charge in [-0.1, -0.05) is 11.8 Å². The first-order valence-electron chi connectivity index (χ1n) is 6.78. The molecule has 1 aliphatic heterocycles. The Kier molecular flexibility index (Phi) is 4.14.